The number of halogens is 1. The molecule has 144 valence electrons. The van der Waals surface area contributed by atoms with Crippen LogP contribution in [-0.4, -0.2) is 74.7 Å². The summed E-state index contributed by atoms with van der Waals surface area (Å²) in [6.45, 7) is 4.01. The van der Waals surface area contributed by atoms with Gasteiger partial charge in [-0.15, -0.1) is 0 Å². The van der Waals surface area contributed by atoms with Crippen LogP contribution in [0.3, 0.4) is 0 Å². The number of likely N-dealkylation sites (N-methyl/N-ethyl adjacent to an activating group) is 1. The lowest BCUT2D eigenvalue weighted by Gasteiger charge is -2.37. The Kier molecular flexibility index (Phi) is 5.94. The largest absolute Gasteiger partial charge is 0.340 e. The average molecular weight is 383 g/mol. The molecule has 0 saturated carbocycles. The van der Waals surface area contributed by atoms with Crippen molar-refractivity contribution < 1.29 is 17.6 Å². The first kappa shape index (κ1) is 19.3. The molecular weight excluding hydrogens is 357 g/mol. The van der Waals surface area contributed by atoms with Gasteiger partial charge in [-0.2, -0.15) is 0 Å². The number of rotatable bonds is 4. The first-order valence-corrected chi connectivity index (χ1v) is 10.7. The van der Waals surface area contributed by atoms with E-state index in [0.717, 1.165) is 26.2 Å². The first-order valence-electron chi connectivity index (χ1n) is 9.05. The summed E-state index contributed by atoms with van der Waals surface area (Å²) in [5.74, 6) is -0.441. The molecule has 2 heterocycles. The third kappa shape index (κ3) is 4.61. The summed E-state index contributed by atoms with van der Waals surface area (Å²) in [7, 11) is -1.40. The minimum absolute atomic E-state index is 0.0873. The fourth-order valence-corrected chi connectivity index (χ4v) is 5.11. The number of benzene rings is 1. The van der Waals surface area contributed by atoms with Crippen LogP contribution in [0.2, 0.25) is 0 Å². The molecule has 8 heteroatoms. The van der Waals surface area contributed by atoms with Crippen LogP contribution in [0.1, 0.15) is 18.4 Å². The van der Waals surface area contributed by atoms with Crippen LogP contribution in [0.4, 0.5) is 4.39 Å². The van der Waals surface area contributed by atoms with Crippen LogP contribution in [0.15, 0.2) is 24.3 Å². The molecule has 0 unspecified atom stereocenters. The minimum Gasteiger partial charge on any atom is -0.340 e. The van der Waals surface area contributed by atoms with Gasteiger partial charge in [-0.25, -0.2) is 17.1 Å². The number of carbonyl (C=O) groups excluding carboxylic acids is 1. The number of hydrogen-bond acceptors (Lipinski definition) is 4. The fourth-order valence-electron chi connectivity index (χ4n) is 3.55. The predicted octanol–water partition coefficient (Wildman–Crippen LogP) is 1.14. The zero-order valence-electron chi connectivity index (χ0n) is 15.1. The molecule has 2 aliphatic heterocycles. The molecule has 2 aliphatic rings. The second kappa shape index (κ2) is 8.02. The minimum atomic E-state index is -3.45. The van der Waals surface area contributed by atoms with Crippen molar-refractivity contribution in [1.29, 1.82) is 0 Å². The Morgan fingerprint density at radius 2 is 1.62 bits per heavy atom. The van der Waals surface area contributed by atoms with E-state index in [2.05, 4.69) is 4.90 Å². The summed E-state index contributed by atoms with van der Waals surface area (Å²) in [5, 5.41) is 0. The molecule has 26 heavy (non-hydrogen) atoms. The standard InChI is InChI=1S/C18H26FN3O3S/c1-20-10-12-21(13-11-20)18(23)16-6-8-22(9-7-16)26(24,25)14-15-2-4-17(19)5-3-15/h2-5,16H,6-14H2,1H3. The molecule has 2 saturated heterocycles. The van der Waals surface area contributed by atoms with E-state index in [9.17, 15) is 17.6 Å². The van der Waals surface area contributed by atoms with E-state index in [4.69, 9.17) is 0 Å². The van der Waals surface area contributed by atoms with Crippen LogP contribution < -0.4 is 0 Å². The van der Waals surface area contributed by atoms with Gasteiger partial charge < -0.3 is 9.80 Å². The SMILES string of the molecule is CN1CCN(C(=O)C2CCN(S(=O)(=O)Cc3ccc(F)cc3)CC2)CC1. The number of amides is 1. The first-order chi connectivity index (χ1) is 12.3. The lowest BCUT2D eigenvalue weighted by Crippen LogP contribution is -2.51. The van der Waals surface area contributed by atoms with Gasteiger partial charge in [0.05, 0.1) is 5.75 Å². The van der Waals surface area contributed by atoms with E-state index in [1.165, 1.54) is 28.6 Å². The van der Waals surface area contributed by atoms with Crippen molar-refractivity contribution in [2.75, 3.05) is 46.3 Å². The van der Waals surface area contributed by atoms with E-state index in [1.54, 1.807) is 0 Å². The van der Waals surface area contributed by atoms with Crippen molar-refractivity contribution in [2.24, 2.45) is 5.92 Å². The maximum absolute atomic E-state index is 13.0. The second-order valence-electron chi connectivity index (χ2n) is 7.18. The van der Waals surface area contributed by atoms with E-state index in [0.29, 0.717) is 31.5 Å². The summed E-state index contributed by atoms with van der Waals surface area (Å²) in [5.41, 5.74) is 0.571. The number of carbonyl (C=O) groups is 1. The zero-order valence-corrected chi connectivity index (χ0v) is 15.9. The highest BCUT2D eigenvalue weighted by Crippen LogP contribution is 2.24. The molecule has 0 radical (unpaired) electrons. The molecule has 0 bridgehead atoms. The third-order valence-electron chi connectivity index (χ3n) is 5.27. The van der Waals surface area contributed by atoms with Crippen LogP contribution in [0.5, 0.6) is 0 Å². The van der Waals surface area contributed by atoms with Crippen LogP contribution in [0.25, 0.3) is 0 Å². The van der Waals surface area contributed by atoms with Crippen molar-refractivity contribution >= 4 is 15.9 Å². The van der Waals surface area contributed by atoms with Crippen molar-refractivity contribution in [1.82, 2.24) is 14.1 Å². The Balaban J connectivity index is 1.54. The number of piperidine rings is 1. The highest BCUT2D eigenvalue weighted by molar-refractivity contribution is 7.88. The summed E-state index contributed by atoms with van der Waals surface area (Å²) in [6.07, 6.45) is 1.13. The lowest BCUT2D eigenvalue weighted by molar-refractivity contribution is -0.138. The summed E-state index contributed by atoms with van der Waals surface area (Å²) in [6, 6.07) is 5.53. The van der Waals surface area contributed by atoms with Crippen LogP contribution in [-0.2, 0) is 20.6 Å². The monoisotopic (exact) mass is 383 g/mol. The Morgan fingerprint density at radius 1 is 1.04 bits per heavy atom. The van der Waals surface area contributed by atoms with Crippen molar-refractivity contribution in [3.8, 4) is 0 Å². The Morgan fingerprint density at radius 3 is 2.19 bits per heavy atom. The highest BCUT2D eigenvalue weighted by Gasteiger charge is 2.33. The number of nitrogens with zero attached hydrogens (tertiary/aromatic N) is 3. The molecule has 1 aromatic carbocycles. The zero-order chi connectivity index (χ0) is 18.7. The van der Waals surface area contributed by atoms with Gasteiger partial charge in [-0.05, 0) is 37.6 Å². The average Bonchev–Trinajstić information content (AvgIpc) is 2.64. The van der Waals surface area contributed by atoms with Gasteiger partial charge in [0.2, 0.25) is 15.9 Å². The summed E-state index contributed by atoms with van der Waals surface area (Å²) in [4.78, 5) is 16.8. The molecule has 0 aliphatic carbocycles. The second-order valence-corrected chi connectivity index (χ2v) is 9.15. The summed E-state index contributed by atoms with van der Waals surface area (Å²) < 4.78 is 39.6. The Hall–Kier alpha value is -1.51. The number of hydrogen-bond donors (Lipinski definition) is 0. The molecule has 0 atom stereocenters. The molecule has 6 nitrogen and oxygen atoms in total. The highest BCUT2D eigenvalue weighted by atomic mass is 32.2. The maximum Gasteiger partial charge on any atom is 0.225 e. The van der Waals surface area contributed by atoms with Gasteiger partial charge in [-0.3, -0.25) is 4.79 Å². The fraction of sp³-hybridized carbons (Fsp3) is 0.611. The molecule has 0 aromatic heterocycles. The van der Waals surface area contributed by atoms with Gasteiger partial charge in [0.15, 0.2) is 0 Å². The summed E-state index contributed by atoms with van der Waals surface area (Å²) >= 11 is 0. The van der Waals surface area contributed by atoms with E-state index in [1.807, 2.05) is 11.9 Å². The maximum atomic E-state index is 13.0. The van der Waals surface area contributed by atoms with Gasteiger partial charge in [0, 0.05) is 45.2 Å². The quantitative estimate of drug-likeness (QED) is 0.782. The molecule has 0 N–H and O–H groups in total. The molecule has 1 amide bonds. The van der Waals surface area contributed by atoms with Gasteiger partial charge in [0.1, 0.15) is 5.82 Å². The van der Waals surface area contributed by atoms with E-state index in [-0.39, 0.29) is 23.4 Å². The predicted molar refractivity (Wildman–Crippen MR) is 97.4 cm³/mol. The molecule has 2 fully saturated rings. The van der Waals surface area contributed by atoms with E-state index >= 15 is 0 Å². The van der Waals surface area contributed by atoms with Crippen molar-refractivity contribution in [2.45, 2.75) is 18.6 Å². The van der Waals surface area contributed by atoms with Gasteiger partial charge in [0.25, 0.3) is 0 Å². The Bertz CT molecular complexity index is 723. The number of piperazine rings is 1. The van der Waals surface area contributed by atoms with Gasteiger partial charge >= 0.3 is 0 Å². The van der Waals surface area contributed by atoms with Crippen molar-refractivity contribution in [3.05, 3.63) is 35.6 Å². The molecule has 3 rings (SSSR count). The number of sulfonamides is 1. The van der Waals surface area contributed by atoms with Crippen molar-refractivity contribution in [3.63, 3.8) is 0 Å². The molecule has 0 spiro atoms. The normalized spacial score (nSPS) is 21.1. The topological polar surface area (TPSA) is 60.9 Å². The lowest BCUT2D eigenvalue weighted by atomic mass is 9.96. The smallest absolute Gasteiger partial charge is 0.225 e. The molecular formula is C18H26FN3O3S. The van der Waals surface area contributed by atoms with E-state index < -0.39 is 10.0 Å². The van der Waals surface area contributed by atoms with Crippen LogP contribution in [0, 0.1) is 11.7 Å². The molecule has 1 aromatic rings. The van der Waals surface area contributed by atoms with Gasteiger partial charge in [-0.1, -0.05) is 12.1 Å². The Labute approximate surface area is 154 Å². The third-order valence-corrected chi connectivity index (χ3v) is 7.12. The van der Waals surface area contributed by atoms with Crippen LogP contribution >= 0.6 is 0 Å².